The second kappa shape index (κ2) is 7.49. The summed E-state index contributed by atoms with van der Waals surface area (Å²) in [4.78, 5) is 16.9. The number of carbonyl (C=O) groups excluding carboxylic acids is 1. The summed E-state index contributed by atoms with van der Waals surface area (Å²) in [7, 11) is 0. The van der Waals surface area contributed by atoms with Gasteiger partial charge in [-0.25, -0.2) is 0 Å². The second-order valence-corrected chi connectivity index (χ2v) is 5.64. The number of amides is 1. The first-order valence-corrected chi connectivity index (χ1v) is 7.80. The van der Waals surface area contributed by atoms with Crippen molar-refractivity contribution in [2.75, 3.05) is 17.2 Å². The molecule has 2 rings (SSSR count). The third-order valence-electron chi connectivity index (χ3n) is 2.73. The van der Waals surface area contributed by atoms with Gasteiger partial charge in [-0.15, -0.1) is 11.8 Å². The van der Waals surface area contributed by atoms with Gasteiger partial charge in [0.2, 0.25) is 11.8 Å². The molecule has 0 spiro atoms. The molecule has 0 aliphatic carbocycles. The number of hydrogen-bond donors (Lipinski definition) is 0. The van der Waals surface area contributed by atoms with Crippen LogP contribution in [-0.4, -0.2) is 34.5 Å². The van der Waals surface area contributed by atoms with Gasteiger partial charge in [0.25, 0.3) is 0 Å². The Hall–Kier alpha value is -2.03. The highest BCUT2D eigenvalue weighted by Crippen LogP contribution is 2.23. The molecule has 1 aromatic carbocycles. The summed E-state index contributed by atoms with van der Waals surface area (Å²) in [6.07, 6.45) is -4.47. The van der Waals surface area contributed by atoms with Crippen LogP contribution in [0.4, 0.5) is 18.9 Å². The van der Waals surface area contributed by atoms with Gasteiger partial charge in [-0.3, -0.25) is 4.79 Å². The maximum atomic E-state index is 12.7. The van der Waals surface area contributed by atoms with Crippen LogP contribution < -0.4 is 4.90 Å². The SMILES string of the molecule is Cc1nc(CSCC(=O)N(CC(F)(F)F)c2ccccc2)no1. The van der Waals surface area contributed by atoms with Crippen LogP contribution in [0.3, 0.4) is 0 Å². The molecule has 1 heterocycles. The van der Waals surface area contributed by atoms with E-state index in [0.717, 1.165) is 16.7 Å². The van der Waals surface area contributed by atoms with Gasteiger partial charge in [0.1, 0.15) is 6.54 Å². The predicted molar refractivity (Wildman–Crippen MR) is 80.0 cm³/mol. The Labute approximate surface area is 134 Å². The number of alkyl halides is 3. The van der Waals surface area contributed by atoms with E-state index in [0.29, 0.717) is 11.7 Å². The average molecular weight is 345 g/mol. The maximum absolute atomic E-state index is 12.7. The molecule has 9 heteroatoms. The molecule has 0 bridgehead atoms. The molecule has 0 radical (unpaired) electrons. The molecule has 124 valence electrons. The molecule has 1 aromatic heterocycles. The number of nitrogens with zero attached hydrogens (tertiary/aromatic N) is 3. The van der Waals surface area contributed by atoms with Gasteiger partial charge >= 0.3 is 6.18 Å². The van der Waals surface area contributed by atoms with Crippen LogP contribution in [0.25, 0.3) is 0 Å². The van der Waals surface area contributed by atoms with E-state index in [2.05, 4.69) is 10.1 Å². The van der Waals surface area contributed by atoms with Gasteiger partial charge in [0.05, 0.1) is 11.5 Å². The minimum Gasteiger partial charge on any atom is -0.340 e. The number of hydrogen-bond acceptors (Lipinski definition) is 5. The van der Waals surface area contributed by atoms with Crippen molar-refractivity contribution in [3.05, 3.63) is 42.0 Å². The standard InChI is InChI=1S/C14H14F3N3O2S/c1-10-18-12(19-22-10)7-23-8-13(21)20(9-14(15,16)17)11-5-3-2-4-6-11/h2-6H,7-9H2,1H3. The van der Waals surface area contributed by atoms with E-state index in [1.807, 2.05) is 0 Å². The minimum atomic E-state index is -4.47. The van der Waals surface area contributed by atoms with Gasteiger partial charge in [-0.05, 0) is 12.1 Å². The van der Waals surface area contributed by atoms with E-state index >= 15 is 0 Å². The van der Waals surface area contributed by atoms with Gasteiger partial charge in [-0.1, -0.05) is 23.4 Å². The van der Waals surface area contributed by atoms with Crippen LogP contribution in [0.5, 0.6) is 0 Å². The Morgan fingerprint density at radius 3 is 2.57 bits per heavy atom. The molecule has 23 heavy (non-hydrogen) atoms. The van der Waals surface area contributed by atoms with Crippen LogP contribution in [0.2, 0.25) is 0 Å². The number of halogens is 3. The van der Waals surface area contributed by atoms with E-state index in [4.69, 9.17) is 4.52 Å². The van der Waals surface area contributed by atoms with Crippen LogP contribution in [0.15, 0.2) is 34.9 Å². The summed E-state index contributed by atoms with van der Waals surface area (Å²) < 4.78 is 42.9. The zero-order chi connectivity index (χ0) is 16.9. The highest BCUT2D eigenvalue weighted by molar-refractivity contribution is 7.99. The van der Waals surface area contributed by atoms with Crippen molar-refractivity contribution in [1.29, 1.82) is 0 Å². The Morgan fingerprint density at radius 2 is 2.00 bits per heavy atom. The van der Waals surface area contributed by atoms with Crippen molar-refractivity contribution in [2.45, 2.75) is 18.9 Å². The van der Waals surface area contributed by atoms with Crippen LogP contribution >= 0.6 is 11.8 Å². The topological polar surface area (TPSA) is 59.2 Å². The Kier molecular flexibility index (Phi) is 5.64. The molecule has 0 unspecified atom stereocenters. The van der Waals surface area contributed by atoms with Crippen LogP contribution in [-0.2, 0) is 10.5 Å². The molecular weight excluding hydrogens is 331 g/mol. The quantitative estimate of drug-likeness (QED) is 0.805. The lowest BCUT2D eigenvalue weighted by Gasteiger charge is -2.24. The van der Waals surface area contributed by atoms with Crippen molar-refractivity contribution in [3.63, 3.8) is 0 Å². The molecular formula is C14H14F3N3O2S. The van der Waals surface area contributed by atoms with Gasteiger partial charge < -0.3 is 9.42 Å². The van der Waals surface area contributed by atoms with Gasteiger partial charge in [0, 0.05) is 12.6 Å². The summed E-state index contributed by atoms with van der Waals surface area (Å²) in [5.74, 6) is 0.354. The summed E-state index contributed by atoms with van der Waals surface area (Å²) in [6.45, 7) is 0.310. The first kappa shape index (κ1) is 17.3. The number of aromatic nitrogens is 2. The summed E-state index contributed by atoms with van der Waals surface area (Å²) in [5.41, 5.74) is 0.214. The van der Waals surface area contributed by atoms with Crippen molar-refractivity contribution in [2.24, 2.45) is 0 Å². The molecule has 0 saturated heterocycles. The van der Waals surface area contributed by atoms with E-state index in [-0.39, 0.29) is 17.2 Å². The molecule has 0 aliphatic heterocycles. The normalized spacial score (nSPS) is 11.5. The predicted octanol–water partition coefficient (Wildman–Crippen LogP) is 3.21. The number of carbonyl (C=O) groups is 1. The van der Waals surface area contributed by atoms with Gasteiger partial charge in [0.15, 0.2) is 5.82 Å². The number of rotatable bonds is 6. The van der Waals surface area contributed by atoms with Crippen molar-refractivity contribution in [3.8, 4) is 0 Å². The van der Waals surface area contributed by atoms with Crippen LogP contribution in [0, 0.1) is 6.92 Å². The first-order valence-electron chi connectivity index (χ1n) is 6.64. The molecule has 0 aliphatic rings. The molecule has 0 fully saturated rings. The highest BCUT2D eigenvalue weighted by atomic mass is 32.2. The smallest absolute Gasteiger partial charge is 0.340 e. The number of anilines is 1. The summed E-state index contributed by atoms with van der Waals surface area (Å²) >= 11 is 1.13. The lowest BCUT2D eigenvalue weighted by molar-refractivity contribution is -0.131. The largest absolute Gasteiger partial charge is 0.406 e. The van der Waals surface area contributed by atoms with E-state index in [1.54, 1.807) is 25.1 Å². The fourth-order valence-electron chi connectivity index (χ4n) is 1.82. The summed E-state index contributed by atoms with van der Waals surface area (Å²) in [6, 6.07) is 7.78. The zero-order valence-corrected chi connectivity index (χ0v) is 13.0. The third-order valence-corrected chi connectivity index (χ3v) is 3.65. The molecule has 0 atom stereocenters. The highest BCUT2D eigenvalue weighted by Gasteiger charge is 2.33. The number of benzene rings is 1. The first-order chi connectivity index (χ1) is 10.8. The zero-order valence-electron chi connectivity index (χ0n) is 12.2. The maximum Gasteiger partial charge on any atom is 0.406 e. The van der Waals surface area contributed by atoms with Crippen molar-refractivity contribution < 1.29 is 22.5 Å². The monoisotopic (exact) mass is 345 g/mol. The number of aryl methyl sites for hydroxylation is 1. The second-order valence-electron chi connectivity index (χ2n) is 4.65. The van der Waals surface area contributed by atoms with E-state index in [9.17, 15) is 18.0 Å². The Bertz CT molecular complexity index is 646. The van der Waals surface area contributed by atoms with Crippen molar-refractivity contribution >= 4 is 23.4 Å². The molecule has 5 nitrogen and oxygen atoms in total. The van der Waals surface area contributed by atoms with Crippen LogP contribution in [0.1, 0.15) is 11.7 Å². The molecule has 0 N–H and O–H groups in total. The third kappa shape index (κ3) is 5.59. The fraction of sp³-hybridized carbons (Fsp3) is 0.357. The lowest BCUT2D eigenvalue weighted by Crippen LogP contribution is -2.40. The Balaban J connectivity index is 1.99. The number of thioether (sulfide) groups is 1. The van der Waals surface area contributed by atoms with E-state index < -0.39 is 18.6 Å². The van der Waals surface area contributed by atoms with Crippen molar-refractivity contribution in [1.82, 2.24) is 10.1 Å². The fourth-order valence-corrected chi connectivity index (χ4v) is 2.55. The summed E-state index contributed by atoms with van der Waals surface area (Å²) in [5, 5.41) is 3.66. The molecule has 1 amide bonds. The minimum absolute atomic E-state index is 0.113. The van der Waals surface area contributed by atoms with Gasteiger partial charge in [-0.2, -0.15) is 18.2 Å². The lowest BCUT2D eigenvalue weighted by atomic mass is 10.3. The Morgan fingerprint density at radius 1 is 1.30 bits per heavy atom. The molecule has 2 aromatic rings. The molecule has 0 saturated carbocycles. The van der Waals surface area contributed by atoms with E-state index in [1.165, 1.54) is 12.1 Å². The number of para-hydroxylation sites is 1. The average Bonchev–Trinajstić information content (AvgIpc) is 2.90.